The molecule has 1 fully saturated rings. The molecule has 1 aromatic heterocycles. The average Bonchev–Trinajstić information content (AvgIpc) is 3.28. The number of ether oxygens (including phenoxy) is 1. The van der Waals surface area contributed by atoms with E-state index in [2.05, 4.69) is 12.1 Å². The van der Waals surface area contributed by atoms with E-state index in [0.29, 0.717) is 24.2 Å². The van der Waals surface area contributed by atoms with Gasteiger partial charge in [0.05, 0.1) is 0 Å². The number of carbonyl (C=O) groups is 1. The molecule has 1 amide bonds. The first-order chi connectivity index (χ1) is 11.8. The Morgan fingerprint density at radius 3 is 2.62 bits per heavy atom. The predicted molar refractivity (Wildman–Crippen MR) is 92.9 cm³/mol. The van der Waals surface area contributed by atoms with Gasteiger partial charge in [-0.25, -0.2) is 0 Å². The second-order valence-corrected chi connectivity index (χ2v) is 6.37. The highest BCUT2D eigenvalue weighted by Crippen LogP contribution is 2.26. The second-order valence-electron chi connectivity index (χ2n) is 6.37. The van der Waals surface area contributed by atoms with Gasteiger partial charge in [-0.15, -0.1) is 0 Å². The summed E-state index contributed by atoms with van der Waals surface area (Å²) < 4.78 is 10.7. The minimum absolute atomic E-state index is 0.000171. The Balaban J connectivity index is 1.72. The molecule has 4 heteroatoms. The Hall–Kier alpha value is -2.07. The number of nitrogens with zero attached hydrogens (tertiary/aromatic N) is 1. The standard InChI is InChI=1S/C20H25NO3/c1-23-15-18-11-12-19(24-18)20(22)21(17-9-5-6-10-17)14-13-16-7-3-2-4-8-16/h2-4,7-8,11-12,17H,5-6,9-10,13-15H2,1H3. The molecule has 1 aliphatic rings. The summed E-state index contributed by atoms with van der Waals surface area (Å²) in [6.07, 6.45) is 5.45. The average molecular weight is 327 g/mol. The SMILES string of the molecule is COCc1ccc(C(=O)N(CCc2ccccc2)C2CCCC2)o1. The topological polar surface area (TPSA) is 42.7 Å². The highest BCUT2D eigenvalue weighted by Gasteiger charge is 2.28. The molecule has 0 spiro atoms. The maximum absolute atomic E-state index is 13.0. The van der Waals surface area contributed by atoms with Gasteiger partial charge in [-0.1, -0.05) is 43.2 Å². The number of methoxy groups -OCH3 is 1. The molecule has 2 aromatic rings. The van der Waals surface area contributed by atoms with E-state index < -0.39 is 0 Å². The molecular weight excluding hydrogens is 302 g/mol. The summed E-state index contributed by atoms with van der Waals surface area (Å²) in [6, 6.07) is 14.2. The van der Waals surface area contributed by atoms with E-state index in [1.165, 1.54) is 18.4 Å². The Morgan fingerprint density at radius 1 is 1.17 bits per heavy atom. The summed E-state index contributed by atoms with van der Waals surface area (Å²) in [7, 11) is 1.62. The third-order valence-electron chi connectivity index (χ3n) is 4.67. The van der Waals surface area contributed by atoms with Gasteiger partial charge >= 0.3 is 0 Å². The number of benzene rings is 1. The zero-order chi connectivity index (χ0) is 16.8. The van der Waals surface area contributed by atoms with Gasteiger partial charge in [-0.05, 0) is 37.0 Å². The van der Waals surface area contributed by atoms with Crippen LogP contribution in [0.25, 0.3) is 0 Å². The molecule has 0 atom stereocenters. The first kappa shape index (κ1) is 16.8. The quantitative estimate of drug-likeness (QED) is 0.770. The summed E-state index contributed by atoms with van der Waals surface area (Å²) in [5.41, 5.74) is 1.26. The Kier molecular flexibility index (Phi) is 5.70. The molecule has 3 rings (SSSR count). The van der Waals surface area contributed by atoms with Crippen LogP contribution in [0.2, 0.25) is 0 Å². The Bertz CT molecular complexity index is 644. The number of rotatable bonds is 7. The summed E-state index contributed by atoms with van der Waals surface area (Å²) in [5.74, 6) is 1.11. The molecule has 1 aliphatic carbocycles. The highest BCUT2D eigenvalue weighted by molar-refractivity contribution is 5.91. The second kappa shape index (κ2) is 8.15. The third-order valence-corrected chi connectivity index (χ3v) is 4.67. The Labute approximate surface area is 143 Å². The van der Waals surface area contributed by atoms with Crippen LogP contribution in [-0.2, 0) is 17.8 Å². The molecule has 0 saturated heterocycles. The molecule has 0 N–H and O–H groups in total. The van der Waals surface area contributed by atoms with E-state index in [1.54, 1.807) is 13.2 Å². The molecule has 1 saturated carbocycles. The van der Waals surface area contributed by atoms with Gasteiger partial charge in [0.25, 0.3) is 5.91 Å². The van der Waals surface area contributed by atoms with Crippen molar-refractivity contribution in [2.45, 2.75) is 44.8 Å². The number of hydrogen-bond donors (Lipinski definition) is 0. The van der Waals surface area contributed by atoms with Crippen LogP contribution in [0.15, 0.2) is 46.9 Å². The number of hydrogen-bond acceptors (Lipinski definition) is 3. The van der Waals surface area contributed by atoms with Gasteiger partial charge in [0, 0.05) is 19.7 Å². The number of carbonyl (C=O) groups excluding carboxylic acids is 1. The van der Waals surface area contributed by atoms with Gasteiger partial charge in [-0.3, -0.25) is 4.79 Å². The Morgan fingerprint density at radius 2 is 1.92 bits per heavy atom. The number of amides is 1. The van der Waals surface area contributed by atoms with Crippen LogP contribution in [-0.4, -0.2) is 30.5 Å². The van der Waals surface area contributed by atoms with Crippen molar-refractivity contribution in [3.05, 3.63) is 59.5 Å². The molecule has 0 aliphatic heterocycles. The monoisotopic (exact) mass is 327 g/mol. The van der Waals surface area contributed by atoms with Gasteiger partial charge in [0.1, 0.15) is 12.4 Å². The zero-order valence-electron chi connectivity index (χ0n) is 14.2. The lowest BCUT2D eigenvalue weighted by atomic mass is 10.1. The van der Waals surface area contributed by atoms with Crippen LogP contribution in [0.3, 0.4) is 0 Å². The lowest BCUT2D eigenvalue weighted by Crippen LogP contribution is -2.40. The molecular formula is C20H25NO3. The summed E-state index contributed by atoms with van der Waals surface area (Å²) in [5, 5.41) is 0. The van der Waals surface area contributed by atoms with Crippen molar-refractivity contribution in [1.82, 2.24) is 4.90 Å². The molecule has 0 bridgehead atoms. The summed E-state index contributed by atoms with van der Waals surface area (Å²) in [4.78, 5) is 15.0. The first-order valence-electron chi connectivity index (χ1n) is 8.70. The van der Waals surface area contributed by atoms with Gasteiger partial charge in [0.2, 0.25) is 0 Å². The molecule has 0 radical (unpaired) electrons. The predicted octanol–water partition coefficient (Wildman–Crippen LogP) is 4.05. The van der Waals surface area contributed by atoms with Crippen molar-refractivity contribution in [3.8, 4) is 0 Å². The van der Waals surface area contributed by atoms with Crippen LogP contribution in [0, 0.1) is 0 Å². The van der Waals surface area contributed by atoms with Crippen LogP contribution < -0.4 is 0 Å². The van der Waals surface area contributed by atoms with E-state index in [0.717, 1.165) is 25.8 Å². The van der Waals surface area contributed by atoms with E-state index in [-0.39, 0.29) is 5.91 Å². The van der Waals surface area contributed by atoms with Crippen molar-refractivity contribution in [2.75, 3.05) is 13.7 Å². The maximum atomic E-state index is 13.0. The molecule has 4 nitrogen and oxygen atoms in total. The van der Waals surface area contributed by atoms with E-state index in [4.69, 9.17) is 9.15 Å². The first-order valence-corrected chi connectivity index (χ1v) is 8.70. The van der Waals surface area contributed by atoms with Crippen molar-refractivity contribution < 1.29 is 13.9 Å². The minimum Gasteiger partial charge on any atom is -0.453 e. The number of furan rings is 1. The van der Waals surface area contributed by atoms with Crippen LogP contribution in [0.5, 0.6) is 0 Å². The van der Waals surface area contributed by atoms with Gasteiger partial charge < -0.3 is 14.1 Å². The molecule has 1 heterocycles. The summed E-state index contributed by atoms with van der Waals surface area (Å²) >= 11 is 0. The van der Waals surface area contributed by atoms with Gasteiger partial charge in [0.15, 0.2) is 5.76 Å². The molecule has 24 heavy (non-hydrogen) atoms. The highest BCUT2D eigenvalue weighted by atomic mass is 16.5. The van der Waals surface area contributed by atoms with Crippen molar-refractivity contribution >= 4 is 5.91 Å². The van der Waals surface area contributed by atoms with E-state index in [1.807, 2.05) is 29.2 Å². The van der Waals surface area contributed by atoms with Crippen LogP contribution in [0.1, 0.15) is 47.6 Å². The largest absolute Gasteiger partial charge is 0.453 e. The third kappa shape index (κ3) is 4.06. The zero-order valence-corrected chi connectivity index (χ0v) is 14.2. The van der Waals surface area contributed by atoms with Crippen molar-refractivity contribution in [2.24, 2.45) is 0 Å². The molecule has 1 aromatic carbocycles. The fraction of sp³-hybridized carbons (Fsp3) is 0.450. The smallest absolute Gasteiger partial charge is 0.289 e. The van der Waals surface area contributed by atoms with Crippen molar-refractivity contribution in [1.29, 1.82) is 0 Å². The normalized spacial score (nSPS) is 14.9. The molecule has 0 unspecified atom stereocenters. The summed E-state index contributed by atoms with van der Waals surface area (Å²) in [6.45, 7) is 1.12. The van der Waals surface area contributed by atoms with Crippen LogP contribution >= 0.6 is 0 Å². The molecule has 128 valence electrons. The van der Waals surface area contributed by atoms with E-state index in [9.17, 15) is 4.79 Å². The lowest BCUT2D eigenvalue weighted by molar-refractivity contribution is 0.0644. The lowest BCUT2D eigenvalue weighted by Gasteiger charge is -2.28. The fourth-order valence-corrected chi connectivity index (χ4v) is 3.41. The fourth-order valence-electron chi connectivity index (χ4n) is 3.41. The van der Waals surface area contributed by atoms with Crippen molar-refractivity contribution in [3.63, 3.8) is 0 Å². The van der Waals surface area contributed by atoms with E-state index >= 15 is 0 Å². The maximum Gasteiger partial charge on any atom is 0.289 e. The van der Waals surface area contributed by atoms with Crippen LogP contribution in [0.4, 0.5) is 0 Å². The minimum atomic E-state index is 0.000171. The van der Waals surface area contributed by atoms with Gasteiger partial charge in [-0.2, -0.15) is 0 Å².